The molecule has 4 rings (SSSR count). The maximum atomic E-state index is 12.7. The topological polar surface area (TPSA) is 77.5 Å². The minimum atomic E-state index is 0.0288. The van der Waals surface area contributed by atoms with Gasteiger partial charge in [0.15, 0.2) is 5.78 Å². The molecule has 0 radical (unpaired) electrons. The summed E-state index contributed by atoms with van der Waals surface area (Å²) in [6, 6.07) is 15.0. The van der Waals surface area contributed by atoms with Crippen molar-refractivity contribution >= 4 is 22.8 Å². The number of quaternary nitrogens is 1. The second-order valence-electron chi connectivity index (χ2n) is 6.79. The van der Waals surface area contributed by atoms with Crippen LogP contribution in [0.25, 0.3) is 11.0 Å². The van der Waals surface area contributed by atoms with E-state index in [1.807, 2.05) is 48.5 Å². The molecule has 3 aromatic rings. The highest BCUT2D eigenvalue weighted by molar-refractivity contribution is 6.10. The summed E-state index contributed by atoms with van der Waals surface area (Å²) in [5, 5.41) is 2.36. The predicted molar refractivity (Wildman–Crippen MR) is 98.4 cm³/mol. The number of imidazole rings is 1. The first-order valence-corrected chi connectivity index (χ1v) is 8.89. The molecular weight excluding hydrogens is 312 g/mol. The quantitative estimate of drug-likeness (QED) is 0.714. The molecule has 0 saturated carbocycles. The number of hydrogen-bond acceptors (Lipinski definition) is 3. The third-order valence-electron chi connectivity index (χ3n) is 5.07. The maximum Gasteiger partial charge on any atom is 0.201 e. The van der Waals surface area contributed by atoms with E-state index in [1.54, 1.807) is 0 Å². The van der Waals surface area contributed by atoms with Crippen LogP contribution in [0.2, 0.25) is 0 Å². The Morgan fingerprint density at radius 3 is 2.64 bits per heavy atom. The highest BCUT2D eigenvalue weighted by atomic mass is 16.1. The molecule has 0 spiro atoms. The average Bonchev–Trinajstić information content (AvgIpc) is 2.97. The van der Waals surface area contributed by atoms with Gasteiger partial charge in [0.2, 0.25) is 5.95 Å². The van der Waals surface area contributed by atoms with Gasteiger partial charge in [0.25, 0.3) is 0 Å². The Morgan fingerprint density at radius 1 is 1.12 bits per heavy atom. The number of carbonyl (C=O) groups excluding carboxylic acids is 1. The van der Waals surface area contributed by atoms with Crippen molar-refractivity contribution in [2.24, 2.45) is 5.92 Å². The van der Waals surface area contributed by atoms with Crippen molar-refractivity contribution in [3.05, 3.63) is 59.7 Å². The standard InChI is InChI=1S/C20H22N4O/c21-20-23-17-7-6-16(19(25)15-4-2-1-3-5-15)12-18(17)24(20)13-14-8-10-22-11-9-14/h1-7,12,14,22H,8-11,13H2,(H2,21,23)/p+1. The molecule has 1 aliphatic heterocycles. The van der Waals surface area contributed by atoms with Crippen LogP contribution in [0.3, 0.4) is 0 Å². The first-order valence-electron chi connectivity index (χ1n) is 8.89. The van der Waals surface area contributed by atoms with Gasteiger partial charge in [-0.3, -0.25) is 4.79 Å². The Morgan fingerprint density at radius 2 is 1.88 bits per heavy atom. The Bertz CT molecular complexity index is 895. The Kier molecular flexibility index (Phi) is 4.24. The van der Waals surface area contributed by atoms with Gasteiger partial charge in [-0.05, 0) is 24.1 Å². The lowest BCUT2D eigenvalue weighted by atomic mass is 9.98. The van der Waals surface area contributed by atoms with Crippen molar-refractivity contribution < 1.29 is 10.1 Å². The van der Waals surface area contributed by atoms with Crippen molar-refractivity contribution in [3.8, 4) is 0 Å². The van der Waals surface area contributed by atoms with Crippen molar-refractivity contribution in [3.63, 3.8) is 0 Å². The van der Waals surface area contributed by atoms with E-state index in [1.165, 1.54) is 25.9 Å². The zero-order valence-electron chi connectivity index (χ0n) is 14.2. The van der Waals surface area contributed by atoms with Crippen LogP contribution in [-0.2, 0) is 6.54 Å². The van der Waals surface area contributed by atoms with E-state index in [0.717, 1.165) is 17.6 Å². The fraction of sp³-hybridized carbons (Fsp3) is 0.300. The molecule has 5 heteroatoms. The van der Waals surface area contributed by atoms with Gasteiger partial charge in [-0.1, -0.05) is 30.3 Å². The monoisotopic (exact) mass is 335 g/mol. The van der Waals surface area contributed by atoms with Gasteiger partial charge < -0.3 is 15.6 Å². The second kappa shape index (κ2) is 6.69. The highest BCUT2D eigenvalue weighted by Crippen LogP contribution is 2.24. The molecule has 1 fully saturated rings. The maximum absolute atomic E-state index is 12.7. The molecule has 1 aromatic heterocycles. The summed E-state index contributed by atoms with van der Waals surface area (Å²) < 4.78 is 2.08. The minimum absolute atomic E-state index is 0.0288. The number of aromatic nitrogens is 2. The van der Waals surface area contributed by atoms with Crippen molar-refractivity contribution in [2.75, 3.05) is 18.8 Å². The molecule has 0 atom stereocenters. The number of hydrogen-bond donors (Lipinski definition) is 2. The molecule has 1 saturated heterocycles. The lowest BCUT2D eigenvalue weighted by molar-refractivity contribution is -0.665. The minimum Gasteiger partial charge on any atom is -0.369 e. The molecule has 0 amide bonds. The number of rotatable bonds is 4. The first-order chi connectivity index (χ1) is 12.2. The molecule has 2 heterocycles. The van der Waals surface area contributed by atoms with Gasteiger partial charge in [0.1, 0.15) is 0 Å². The zero-order valence-corrected chi connectivity index (χ0v) is 14.2. The fourth-order valence-electron chi connectivity index (χ4n) is 3.67. The van der Waals surface area contributed by atoms with Gasteiger partial charge in [-0.2, -0.15) is 0 Å². The van der Waals surface area contributed by atoms with Crippen LogP contribution in [0.1, 0.15) is 28.8 Å². The van der Waals surface area contributed by atoms with Crippen molar-refractivity contribution in [1.29, 1.82) is 0 Å². The largest absolute Gasteiger partial charge is 0.369 e. The number of nitrogens with zero attached hydrogens (tertiary/aromatic N) is 2. The van der Waals surface area contributed by atoms with E-state index in [4.69, 9.17) is 5.73 Å². The van der Waals surface area contributed by atoms with E-state index in [2.05, 4.69) is 14.9 Å². The summed E-state index contributed by atoms with van der Waals surface area (Å²) in [4.78, 5) is 17.2. The molecule has 128 valence electrons. The van der Waals surface area contributed by atoms with E-state index in [0.29, 0.717) is 23.0 Å². The number of piperidine rings is 1. The SMILES string of the molecule is Nc1nc2ccc(C(=O)c3ccccc3)cc2n1CC1CC[NH2+]CC1. The first kappa shape index (κ1) is 15.8. The van der Waals surface area contributed by atoms with E-state index < -0.39 is 0 Å². The van der Waals surface area contributed by atoms with Crippen LogP contribution in [0.5, 0.6) is 0 Å². The molecule has 0 bridgehead atoms. The molecule has 4 N–H and O–H groups in total. The Labute approximate surface area is 146 Å². The summed E-state index contributed by atoms with van der Waals surface area (Å²) in [5.74, 6) is 1.19. The summed E-state index contributed by atoms with van der Waals surface area (Å²) in [6.45, 7) is 3.23. The normalized spacial score (nSPS) is 15.5. The van der Waals surface area contributed by atoms with E-state index in [-0.39, 0.29) is 5.78 Å². The number of nitrogens with two attached hydrogens (primary N) is 2. The van der Waals surface area contributed by atoms with Crippen LogP contribution in [0.15, 0.2) is 48.5 Å². The smallest absolute Gasteiger partial charge is 0.201 e. The predicted octanol–water partition coefficient (Wildman–Crippen LogP) is 1.82. The number of ketones is 1. The second-order valence-corrected chi connectivity index (χ2v) is 6.79. The van der Waals surface area contributed by atoms with Gasteiger partial charge >= 0.3 is 0 Å². The molecule has 1 aliphatic rings. The third kappa shape index (κ3) is 3.15. The van der Waals surface area contributed by atoms with Gasteiger partial charge in [-0.15, -0.1) is 0 Å². The molecule has 25 heavy (non-hydrogen) atoms. The van der Waals surface area contributed by atoms with E-state index in [9.17, 15) is 4.79 Å². The number of fused-ring (bicyclic) bond motifs is 1. The fourth-order valence-corrected chi connectivity index (χ4v) is 3.67. The lowest BCUT2D eigenvalue weighted by Gasteiger charge is -2.21. The molecule has 0 aliphatic carbocycles. The van der Waals surface area contributed by atoms with Crippen molar-refractivity contribution in [1.82, 2.24) is 9.55 Å². The third-order valence-corrected chi connectivity index (χ3v) is 5.07. The van der Waals surface area contributed by atoms with Gasteiger partial charge in [0.05, 0.1) is 24.1 Å². The average molecular weight is 335 g/mol. The zero-order chi connectivity index (χ0) is 17.2. The number of benzene rings is 2. The summed E-state index contributed by atoms with van der Waals surface area (Å²) >= 11 is 0. The summed E-state index contributed by atoms with van der Waals surface area (Å²) in [5.41, 5.74) is 9.35. The van der Waals surface area contributed by atoms with Crippen LogP contribution in [0, 0.1) is 5.92 Å². The molecule has 5 nitrogen and oxygen atoms in total. The highest BCUT2D eigenvalue weighted by Gasteiger charge is 2.19. The van der Waals surface area contributed by atoms with Crippen LogP contribution in [-0.4, -0.2) is 28.4 Å². The Balaban J connectivity index is 1.69. The van der Waals surface area contributed by atoms with E-state index >= 15 is 0 Å². The number of anilines is 1. The summed E-state index contributed by atoms with van der Waals surface area (Å²) in [6.07, 6.45) is 2.39. The van der Waals surface area contributed by atoms with Gasteiger partial charge in [-0.25, -0.2) is 4.98 Å². The van der Waals surface area contributed by atoms with Crippen molar-refractivity contribution in [2.45, 2.75) is 19.4 Å². The van der Waals surface area contributed by atoms with Crippen LogP contribution in [0.4, 0.5) is 5.95 Å². The van der Waals surface area contributed by atoms with Crippen LogP contribution < -0.4 is 11.1 Å². The number of carbonyl (C=O) groups is 1. The molecular formula is C20H23N4O+. The molecule has 2 aromatic carbocycles. The number of nitrogen functional groups attached to an aromatic ring is 1. The van der Waals surface area contributed by atoms with Crippen LogP contribution >= 0.6 is 0 Å². The van der Waals surface area contributed by atoms with Gasteiger partial charge in [0, 0.05) is 30.5 Å². The lowest BCUT2D eigenvalue weighted by Crippen LogP contribution is -2.86. The Hall–Kier alpha value is -2.66. The summed E-state index contributed by atoms with van der Waals surface area (Å²) in [7, 11) is 0. The molecule has 0 unspecified atom stereocenters.